The van der Waals surface area contributed by atoms with Gasteiger partial charge in [-0.2, -0.15) is 4.31 Å². The van der Waals surface area contributed by atoms with Crippen molar-refractivity contribution in [3.63, 3.8) is 0 Å². The normalized spacial score (nSPS) is 15.3. The van der Waals surface area contributed by atoms with Crippen LogP contribution in [-0.2, 0) is 14.8 Å². The smallest absolute Gasteiger partial charge is 0.262 e. The second-order valence-electron chi connectivity index (χ2n) is 6.64. The lowest BCUT2D eigenvalue weighted by Gasteiger charge is -2.26. The van der Waals surface area contributed by atoms with Crippen molar-refractivity contribution in [1.29, 1.82) is 0 Å². The average Bonchev–Trinajstić information content (AvgIpc) is 2.68. The molecule has 1 saturated heterocycles. The molecule has 2 aromatic rings. The predicted molar refractivity (Wildman–Crippen MR) is 104 cm³/mol. The third-order valence-electron chi connectivity index (χ3n) is 4.46. The van der Waals surface area contributed by atoms with E-state index in [0.717, 1.165) is 24.8 Å². The van der Waals surface area contributed by atoms with Gasteiger partial charge in [0.1, 0.15) is 5.75 Å². The van der Waals surface area contributed by atoms with Crippen LogP contribution in [0.5, 0.6) is 5.75 Å². The molecular formula is C20H24N2O4S. The fourth-order valence-electron chi connectivity index (χ4n) is 2.97. The number of aryl methyl sites for hydroxylation is 1. The summed E-state index contributed by atoms with van der Waals surface area (Å²) in [4.78, 5) is 12.3. The summed E-state index contributed by atoms with van der Waals surface area (Å²) in [6.45, 7) is 2.92. The van der Waals surface area contributed by atoms with Crippen molar-refractivity contribution in [3.8, 4) is 5.75 Å². The summed E-state index contributed by atoms with van der Waals surface area (Å²) < 4.78 is 32.5. The second kappa shape index (κ2) is 8.54. The fourth-order valence-corrected chi connectivity index (χ4v) is 4.53. The molecule has 0 saturated carbocycles. The predicted octanol–water partition coefficient (Wildman–Crippen LogP) is 3.19. The summed E-state index contributed by atoms with van der Waals surface area (Å²) in [6, 6.07) is 13.8. The summed E-state index contributed by atoms with van der Waals surface area (Å²) in [6.07, 6.45) is 2.82. The van der Waals surface area contributed by atoms with Gasteiger partial charge in [0.15, 0.2) is 6.61 Å². The van der Waals surface area contributed by atoms with Crippen molar-refractivity contribution in [2.75, 3.05) is 25.0 Å². The maximum atomic E-state index is 12.8. The lowest BCUT2D eigenvalue weighted by atomic mass is 10.2. The molecule has 1 amide bonds. The van der Waals surface area contributed by atoms with Gasteiger partial charge in [-0.1, -0.05) is 30.2 Å². The van der Waals surface area contributed by atoms with Crippen LogP contribution >= 0.6 is 0 Å². The zero-order chi connectivity index (χ0) is 19.3. The van der Waals surface area contributed by atoms with Crippen LogP contribution in [0.15, 0.2) is 53.4 Å². The number of nitrogens with zero attached hydrogens (tertiary/aromatic N) is 1. The number of carbonyl (C=O) groups is 1. The minimum atomic E-state index is -3.53. The van der Waals surface area contributed by atoms with E-state index in [1.54, 1.807) is 30.3 Å². The molecule has 3 rings (SSSR count). The molecule has 6 nitrogen and oxygen atoms in total. The number of piperidine rings is 1. The maximum Gasteiger partial charge on any atom is 0.262 e. The summed E-state index contributed by atoms with van der Waals surface area (Å²) in [7, 11) is -3.53. The monoisotopic (exact) mass is 388 g/mol. The number of amides is 1. The lowest BCUT2D eigenvalue weighted by Crippen LogP contribution is -2.35. The molecule has 1 N–H and O–H groups in total. The largest absolute Gasteiger partial charge is 0.484 e. The Kier molecular flexibility index (Phi) is 6.13. The van der Waals surface area contributed by atoms with Crippen LogP contribution in [0.2, 0.25) is 0 Å². The molecular weight excluding hydrogens is 364 g/mol. The number of anilines is 1. The lowest BCUT2D eigenvalue weighted by molar-refractivity contribution is -0.118. The number of nitrogens with one attached hydrogen (secondary N) is 1. The highest BCUT2D eigenvalue weighted by molar-refractivity contribution is 7.89. The first-order valence-electron chi connectivity index (χ1n) is 9.05. The highest BCUT2D eigenvalue weighted by Gasteiger charge is 2.26. The van der Waals surface area contributed by atoms with E-state index in [-0.39, 0.29) is 17.4 Å². The molecule has 1 fully saturated rings. The number of ether oxygens (including phenoxy) is 1. The van der Waals surface area contributed by atoms with Crippen molar-refractivity contribution in [1.82, 2.24) is 4.31 Å². The maximum absolute atomic E-state index is 12.8. The molecule has 1 heterocycles. The molecule has 144 valence electrons. The Bertz CT molecular complexity index is 888. The van der Waals surface area contributed by atoms with Gasteiger partial charge in [0.2, 0.25) is 10.0 Å². The van der Waals surface area contributed by atoms with Gasteiger partial charge in [-0.15, -0.1) is 0 Å². The van der Waals surface area contributed by atoms with Gasteiger partial charge in [-0.05, 0) is 50.1 Å². The molecule has 0 unspecified atom stereocenters. The Hall–Kier alpha value is -2.38. The van der Waals surface area contributed by atoms with Crippen LogP contribution < -0.4 is 10.1 Å². The van der Waals surface area contributed by atoms with Crippen LogP contribution in [0.25, 0.3) is 0 Å². The third kappa shape index (κ3) is 5.08. The van der Waals surface area contributed by atoms with E-state index in [4.69, 9.17) is 4.74 Å². The van der Waals surface area contributed by atoms with Gasteiger partial charge < -0.3 is 10.1 Å². The van der Waals surface area contributed by atoms with Gasteiger partial charge in [0.05, 0.1) is 4.90 Å². The number of hydrogen-bond donors (Lipinski definition) is 1. The van der Waals surface area contributed by atoms with Crippen LogP contribution in [0, 0.1) is 6.92 Å². The molecule has 0 aliphatic carbocycles. The molecule has 7 heteroatoms. The van der Waals surface area contributed by atoms with Crippen molar-refractivity contribution in [2.24, 2.45) is 0 Å². The minimum Gasteiger partial charge on any atom is -0.484 e. The van der Waals surface area contributed by atoms with E-state index in [1.165, 1.54) is 10.4 Å². The first-order valence-corrected chi connectivity index (χ1v) is 10.5. The highest BCUT2D eigenvalue weighted by Crippen LogP contribution is 2.23. The molecule has 0 bridgehead atoms. The molecule has 1 aliphatic rings. The van der Waals surface area contributed by atoms with E-state index in [2.05, 4.69) is 5.32 Å². The third-order valence-corrected chi connectivity index (χ3v) is 6.36. The van der Waals surface area contributed by atoms with Crippen molar-refractivity contribution < 1.29 is 17.9 Å². The summed E-state index contributed by atoms with van der Waals surface area (Å²) >= 11 is 0. The number of benzene rings is 2. The zero-order valence-electron chi connectivity index (χ0n) is 15.3. The number of sulfonamides is 1. The number of hydrogen-bond acceptors (Lipinski definition) is 4. The van der Waals surface area contributed by atoms with Crippen LogP contribution in [0.3, 0.4) is 0 Å². The van der Waals surface area contributed by atoms with Gasteiger partial charge in [-0.3, -0.25) is 4.79 Å². The van der Waals surface area contributed by atoms with E-state index in [0.29, 0.717) is 24.5 Å². The van der Waals surface area contributed by atoms with Crippen LogP contribution in [-0.4, -0.2) is 38.3 Å². The van der Waals surface area contributed by atoms with Gasteiger partial charge >= 0.3 is 0 Å². The fraction of sp³-hybridized carbons (Fsp3) is 0.350. The molecule has 0 radical (unpaired) electrons. The van der Waals surface area contributed by atoms with E-state index >= 15 is 0 Å². The summed E-state index contributed by atoms with van der Waals surface area (Å²) in [5, 5.41) is 2.69. The quantitative estimate of drug-likeness (QED) is 0.825. The number of carbonyl (C=O) groups excluding carboxylic acids is 1. The Morgan fingerprint density at radius 2 is 1.78 bits per heavy atom. The minimum absolute atomic E-state index is 0.147. The van der Waals surface area contributed by atoms with Gasteiger partial charge in [0.25, 0.3) is 5.91 Å². The molecule has 0 aromatic heterocycles. The van der Waals surface area contributed by atoms with E-state index < -0.39 is 10.0 Å². The topological polar surface area (TPSA) is 75.7 Å². The van der Waals surface area contributed by atoms with Crippen LogP contribution in [0.4, 0.5) is 5.69 Å². The average molecular weight is 388 g/mol. The van der Waals surface area contributed by atoms with Crippen molar-refractivity contribution in [2.45, 2.75) is 31.1 Å². The Labute approximate surface area is 160 Å². The summed E-state index contributed by atoms with van der Waals surface area (Å²) in [5.74, 6) is 0.264. The molecule has 27 heavy (non-hydrogen) atoms. The van der Waals surface area contributed by atoms with E-state index in [1.807, 2.05) is 19.1 Å². The SMILES string of the molecule is Cc1ccc(OCC(=O)Nc2cccc(S(=O)(=O)N3CCCCC3)c2)cc1. The Balaban J connectivity index is 1.63. The summed E-state index contributed by atoms with van der Waals surface area (Å²) in [5.41, 5.74) is 1.55. The molecule has 1 aliphatic heterocycles. The van der Waals surface area contributed by atoms with Crippen LogP contribution in [0.1, 0.15) is 24.8 Å². The first kappa shape index (κ1) is 19.4. The van der Waals surface area contributed by atoms with Crippen molar-refractivity contribution >= 4 is 21.6 Å². The standard InChI is InChI=1S/C20H24N2O4S/c1-16-8-10-18(11-9-16)26-15-20(23)21-17-6-5-7-19(14-17)27(24,25)22-12-3-2-4-13-22/h5-11,14H,2-4,12-13,15H2,1H3,(H,21,23). The first-order chi connectivity index (χ1) is 12.9. The number of rotatable bonds is 6. The van der Waals surface area contributed by atoms with Gasteiger partial charge in [0, 0.05) is 18.8 Å². The second-order valence-corrected chi connectivity index (χ2v) is 8.58. The molecule has 2 aromatic carbocycles. The zero-order valence-corrected chi connectivity index (χ0v) is 16.2. The highest BCUT2D eigenvalue weighted by atomic mass is 32.2. The molecule has 0 atom stereocenters. The van der Waals surface area contributed by atoms with Crippen molar-refractivity contribution in [3.05, 3.63) is 54.1 Å². The van der Waals surface area contributed by atoms with E-state index in [9.17, 15) is 13.2 Å². The molecule has 0 spiro atoms. The van der Waals surface area contributed by atoms with Gasteiger partial charge in [-0.25, -0.2) is 8.42 Å². The Morgan fingerprint density at radius 3 is 2.48 bits per heavy atom. The Morgan fingerprint density at radius 1 is 1.07 bits per heavy atom.